The van der Waals surface area contributed by atoms with Gasteiger partial charge in [-0.05, 0) is 44.2 Å². The summed E-state index contributed by atoms with van der Waals surface area (Å²) in [4.78, 5) is 41.5. The van der Waals surface area contributed by atoms with Crippen molar-refractivity contribution in [3.63, 3.8) is 0 Å². The molecular formula is C28H30FNO5S. The molecule has 36 heavy (non-hydrogen) atoms. The summed E-state index contributed by atoms with van der Waals surface area (Å²) in [5.74, 6) is -4.70. The minimum Gasteiger partial charge on any atom is -0.465 e. The first-order valence-electron chi connectivity index (χ1n) is 12.3. The molecule has 0 radical (unpaired) electrons. The Kier molecular flexibility index (Phi) is 8.04. The second kappa shape index (κ2) is 11.2. The molecule has 0 saturated carbocycles. The van der Waals surface area contributed by atoms with E-state index in [4.69, 9.17) is 9.47 Å². The highest BCUT2D eigenvalue weighted by molar-refractivity contribution is 7.10. The highest BCUT2D eigenvalue weighted by Gasteiger charge is 2.50. The van der Waals surface area contributed by atoms with Gasteiger partial charge in [0.25, 0.3) is 0 Å². The Morgan fingerprint density at radius 2 is 1.83 bits per heavy atom. The van der Waals surface area contributed by atoms with Gasteiger partial charge in [0.15, 0.2) is 5.78 Å². The van der Waals surface area contributed by atoms with Crippen LogP contribution >= 0.6 is 11.3 Å². The average Bonchev–Trinajstić information content (AvgIpc) is 3.39. The average molecular weight is 512 g/mol. The third-order valence-electron chi connectivity index (χ3n) is 6.56. The van der Waals surface area contributed by atoms with Crippen LogP contribution in [0.1, 0.15) is 62.3 Å². The van der Waals surface area contributed by atoms with Crippen molar-refractivity contribution in [1.82, 2.24) is 5.32 Å². The molecule has 8 heteroatoms. The lowest BCUT2D eigenvalue weighted by molar-refractivity contribution is -0.152. The van der Waals surface area contributed by atoms with E-state index in [1.54, 1.807) is 32.0 Å². The Bertz CT molecular complexity index is 1220. The van der Waals surface area contributed by atoms with Crippen molar-refractivity contribution in [1.29, 1.82) is 0 Å². The van der Waals surface area contributed by atoms with Crippen LogP contribution in [0, 0.1) is 11.7 Å². The minimum atomic E-state index is -1.09. The van der Waals surface area contributed by atoms with Gasteiger partial charge in [0.05, 0.1) is 24.7 Å². The molecule has 6 nitrogen and oxygen atoms in total. The van der Waals surface area contributed by atoms with Crippen molar-refractivity contribution >= 4 is 29.1 Å². The van der Waals surface area contributed by atoms with Gasteiger partial charge in [0, 0.05) is 33.3 Å². The van der Waals surface area contributed by atoms with Crippen LogP contribution in [0.4, 0.5) is 4.39 Å². The van der Waals surface area contributed by atoms with Crippen molar-refractivity contribution in [2.45, 2.75) is 51.9 Å². The number of ether oxygens (including phenoxy) is 2. The lowest BCUT2D eigenvalue weighted by atomic mass is 9.68. The summed E-state index contributed by atoms with van der Waals surface area (Å²) in [5.41, 5.74) is 1.88. The molecule has 0 bridgehead atoms. The van der Waals surface area contributed by atoms with E-state index in [1.807, 2.05) is 24.4 Å². The van der Waals surface area contributed by atoms with Crippen LogP contribution in [0.25, 0.3) is 0 Å². The number of dihydropyridines is 1. The number of nitrogens with one attached hydrogen (secondary N) is 1. The molecule has 2 heterocycles. The molecule has 2 aromatic rings. The molecule has 190 valence electrons. The number of hydrogen-bond donors (Lipinski definition) is 1. The normalized spacial score (nSPS) is 21.7. The van der Waals surface area contributed by atoms with Crippen molar-refractivity contribution in [2.75, 3.05) is 13.2 Å². The fraction of sp³-hybridized carbons (Fsp3) is 0.393. The zero-order valence-electron chi connectivity index (χ0n) is 20.6. The predicted molar refractivity (Wildman–Crippen MR) is 135 cm³/mol. The molecule has 3 atom stereocenters. The number of hydrogen-bond acceptors (Lipinski definition) is 7. The minimum absolute atomic E-state index is 0.134. The zero-order chi connectivity index (χ0) is 25.8. The number of halogens is 1. The van der Waals surface area contributed by atoms with E-state index in [2.05, 4.69) is 5.32 Å². The first-order valence-corrected chi connectivity index (χ1v) is 13.2. The highest BCUT2D eigenvalue weighted by Crippen LogP contribution is 2.49. The van der Waals surface area contributed by atoms with Gasteiger partial charge in [-0.15, -0.1) is 11.3 Å². The maximum atomic E-state index is 15.3. The Morgan fingerprint density at radius 3 is 2.47 bits per heavy atom. The van der Waals surface area contributed by atoms with Gasteiger partial charge < -0.3 is 14.8 Å². The first-order chi connectivity index (χ1) is 17.4. The van der Waals surface area contributed by atoms with Gasteiger partial charge in [-0.3, -0.25) is 9.59 Å². The van der Waals surface area contributed by atoms with Gasteiger partial charge in [0.2, 0.25) is 0 Å². The van der Waals surface area contributed by atoms with Crippen molar-refractivity contribution in [3.05, 3.63) is 80.6 Å². The summed E-state index contributed by atoms with van der Waals surface area (Å²) in [6.07, 6.45) is 1.61. The number of Topliss-reactive ketones (excluding diaryl/α,β-unsaturated/α-hetero) is 1. The number of ketones is 1. The van der Waals surface area contributed by atoms with Crippen LogP contribution in [-0.2, 0) is 23.9 Å². The fourth-order valence-electron chi connectivity index (χ4n) is 5.14. The second-order valence-electron chi connectivity index (χ2n) is 8.75. The SMILES string of the molecule is CCCC1=C(C(=O)OCC)C(c2ccccc2F)C2=C(CC(c3cccs3)C(C(=O)OCC)C2=O)N1. The van der Waals surface area contributed by atoms with Gasteiger partial charge in [-0.1, -0.05) is 37.6 Å². The molecule has 0 amide bonds. The number of allylic oxidation sites excluding steroid dienone is 3. The Balaban J connectivity index is 1.94. The Hall–Kier alpha value is -3.26. The van der Waals surface area contributed by atoms with Crippen LogP contribution in [0.3, 0.4) is 0 Å². The Labute approximate surface area is 214 Å². The molecule has 1 aromatic heterocycles. The third-order valence-corrected chi connectivity index (χ3v) is 7.57. The molecule has 0 saturated heterocycles. The van der Waals surface area contributed by atoms with E-state index in [0.717, 1.165) is 11.3 Å². The van der Waals surface area contributed by atoms with Crippen molar-refractivity contribution < 1.29 is 28.2 Å². The monoisotopic (exact) mass is 511 g/mol. The van der Waals surface area contributed by atoms with E-state index in [1.165, 1.54) is 17.4 Å². The number of esters is 2. The van der Waals surface area contributed by atoms with Crippen molar-refractivity contribution in [2.24, 2.45) is 5.92 Å². The summed E-state index contributed by atoms with van der Waals surface area (Å²) < 4.78 is 25.9. The lowest BCUT2D eigenvalue weighted by Crippen LogP contribution is -2.43. The fourth-order valence-corrected chi connectivity index (χ4v) is 6.00. The second-order valence-corrected chi connectivity index (χ2v) is 9.73. The largest absolute Gasteiger partial charge is 0.465 e. The third kappa shape index (κ3) is 4.74. The number of carbonyl (C=O) groups is 3. The maximum absolute atomic E-state index is 15.3. The van der Waals surface area contributed by atoms with E-state index in [0.29, 0.717) is 24.2 Å². The number of benzene rings is 1. The van der Waals surface area contributed by atoms with Crippen LogP contribution in [0.15, 0.2) is 64.3 Å². The quantitative estimate of drug-likeness (QED) is 0.379. The zero-order valence-corrected chi connectivity index (χ0v) is 21.5. The molecule has 1 N–H and O–H groups in total. The first kappa shape index (κ1) is 25.8. The van der Waals surface area contributed by atoms with Gasteiger partial charge in [0.1, 0.15) is 11.7 Å². The van der Waals surface area contributed by atoms with Gasteiger partial charge >= 0.3 is 11.9 Å². The smallest absolute Gasteiger partial charge is 0.336 e. The maximum Gasteiger partial charge on any atom is 0.336 e. The number of rotatable bonds is 8. The molecule has 3 unspecified atom stereocenters. The molecule has 1 aromatic carbocycles. The summed E-state index contributed by atoms with van der Waals surface area (Å²) in [5, 5.41) is 5.25. The molecular weight excluding hydrogens is 481 g/mol. The molecule has 0 fully saturated rings. The van der Waals surface area contributed by atoms with Crippen LogP contribution in [0.2, 0.25) is 0 Å². The van der Waals surface area contributed by atoms with Crippen LogP contribution in [-0.4, -0.2) is 30.9 Å². The molecule has 1 aliphatic carbocycles. The summed E-state index contributed by atoms with van der Waals surface area (Å²) >= 11 is 1.48. The van der Waals surface area contributed by atoms with E-state index >= 15 is 4.39 Å². The standard InChI is InChI=1S/C28H30FNO5S/c1-4-10-19-25(28(33)35-6-3)22(16-11-7-8-12-18(16)29)24-20(30-19)15-17(21-13-9-14-36-21)23(26(24)31)27(32)34-5-2/h7-9,11-14,17,22-23,30H,4-6,10,15H2,1-3H3. The highest BCUT2D eigenvalue weighted by atomic mass is 32.1. The van der Waals surface area contributed by atoms with Gasteiger partial charge in [-0.2, -0.15) is 0 Å². The van der Waals surface area contributed by atoms with E-state index in [9.17, 15) is 14.4 Å². The Morgan fingerprint density at radius 1 is 1.08 bits per heavy atom. The van der Waals surface area contributed by atoms with E-state index < -0.39 is 41.3 Å². The van der Waals surface area contributed by atoms with Gasteiger partial charge in [-0.25, -0.2) is 9.18 Å². The number of thiophene rings is 1. The number of carbonyl (C=O) groups excluding carboxylic acids is 3. The lowest BCUT2D eigenvalue weighted by Gasteiger charge is -2.39. The summed E-state index contributed by atoms with van der Waals surface area (Å²) in [6.45, 7) is 5.65. The summed E-state index contributed by atoms with van der Waals surface area (Å²) in [6, 6.07) is 9.92. The molecule has 1 aliphatic heterocycles. The van der Waals surface area contributed by atoms with Crippen molar-refractivity contribution in [3.8, 4) is 0 Å². The molecule has 4 rings (SSSR count). The van der Waals surface area contributed by atoms with Crippen LogP contribution < -0.4 is 5.32 Å². The van der Waals surface area contributed by atoms with E-state index in [-0.39, 0.29) is 29.9 Å². The predicted octanol–water partition coefficient (Wildman–Crippen LogP) is 5.38. The summed E-state index contributed by atoms with van der Waals surface area (Å²) in [7, 11) is 0. The molecule has 0 spiro atoms. The molecule has 2 aliphatic rings. The topological polar surface area (TPSA) is 81.7 Å². The van der Waals surface area contributed by atoms with Crippen LogP contribution in [0.5, 0.6) is 0 Å².